The van der Waals surface area contributed by atoms with Gasteiger partial charge in [0, 0.05) is 6.54 Å². The Labute approximate surface area is 137 Å². The van der Waals surface area contributed by atoms with Crippen LogP contribution in [0, 0.1) is 5.92 Å². The molecule has 1 atom stereocenters. The summed E-state index contributed by atoms with van der Waals surface area (Å²) in [6.45, 7) is 2.33. The summed E-state index contributed by atoms with van der Waals surface area (Å²) >= 11 is 0. The van der Waals surface area contributed by atoms with Crippen LogP contribution in [0.2, 0.25) is 0 Å². The Balaban J connectivity index is 2.09. The van der Waals surface area contributed by atoms with Crippen molar-refractivity contribution in [1.29, 1.82) is 0 Å². The van der Waals surface area contributed by atoms with Gasteiger partial charge in [0.2, 0.25) is 0 Å². The molecule has 2 amide bonds. The van der Waals surface area contributed by atoms with Gasteiger partial charge in [0.05, 0.1) is 6.04 Å². The van der Waals surface area contributed by atoms with Crippen LogP contribution in [-0.4, -0.2) is 35.1 Å². The van der Waals surface area contributed by atoms with E-state index in [4.69, 9.17) is 5.11 Å². The minimum Gasteiger partial charge on any atom is -0.480 e. The van der Waals surface area contributed by atoms with E-state index in [0.717, 1.165) is 18.4 Å². The SMILES string of the molecule is CC(c1ccccc1)N(CC1CCCCC1)C(=O)NCC(=O)O. The third-order valence-electron chi connectivity index (χ3n) is 4.58. The van der Waals surface area contributed by atoms with Crippen LogP contribution in [0.15, 0.2) is 30.3 Å². The van der Waals surface area contributed by atoms with E-state index in [1.165, 1.54) is 19.3 Å². The average Bonchev–Trinajstić information content (AvgIpc) is 2.58. The first-order valence-corrected chi connectivity index (χ1v) is 8.39. The first-order valence-electron chi connectivity index (χ1n) is 8.39. The van der Waals surface area contributed by atoms with Gasteiger partial charge in [-0.1, -0.05) is 49.6 Å². The Morgan fingerprint density at radius 3 is 2.48 bits per heavy atom. The monoisotopic (exact) mass is 318 g/mol. The molecule has 0 heterocycles. The fraction of sp³-hybridized carbons (Fsp3) is 0.556. The van der Waals surface area contributed by atoms with E-state index in [-0.39, 0.29) is 18.6 Å². The lowest BCUT2D eigenvalue weighted by atomic mass is 9.88. The summed E-state index contributed by atoms with van der Waals surface area (Å²) in [6.07, 6.45) is 5.99. The maximum absolute atomic E-state index is 12.5. The van der Waals surface area contributed by atoms with Crippen molar-refractivity contribution in [2.24, 2.45) is 5.92 Å². The molecule has 0 aliphatic heterocycles. The van der Waals surface area contributed by atoms with Crippen molar-refractivity contribution in [2.45, 2.75) is 45.1 Å². The predicted octanol–water partition coefficient (Wildman–Crippen LogP) is 3.42. The summed E-state index contributed by atoms with van der Waals surface area (Å²) in [6, 6.07) is 9.50. The van der Waals surface area contributed by atoms with E-state index >= 15 is 0 Å². The number of nitrogens with one attached hydrogen (secondary N) is 1. The zero-order valence-corrected chi connectivity index (χ0v) is 13.7. The van der Waals surface area contributed by atoms with Gasteiger partial charge in [-0.05, 0) is 31.2 Å². The maximum Gasteiger partial charge on any atom is 0.323 e. The second-order valence-electron chi connectivity index (χ2n) is 6.30. The standard InChI is InChI=1S/C18H26N2O3/c1-14(16-10-6-3-7-11-16)20(18(23)19-12-17(21)22)13-15-8-4-2-5-9-15/h3,6-7,10-11,14-15H,2,4-5,8-9,12-13H2,1H3,(H,19,23)(H,21,22). The number of carboxylic acids is 1. The van der Waals surface area contributed by atoms with E-state index < -0.39 is 5.97 Å². The van der Waals surface area contributed by atoms with Gasteiger partial charge in [-0.15, -0.1) is 0 Å². The normalized spacial score (nSPS) is 16.6. The molecule has 0 radical (unpaired) electrons. The molecule has 5 nitrogen and oxygen atoms in total. The van der Waals surface area contributed by atoms with Crippen LogP contribution in [0.4, 0.5) is 4.79 Å². The minimum atomic E-state index is -1.02. The lowest BCUT2D eigenvalue weighted by Gasteiger charge is -2.34. The smallest absolute Gasteiger partial charge is 0.323 e. The number of nitrogens with zero attached hydrogens (tertiary/aromatic N) is 1. The highest BCUT2D eigenvalue weighted by Gasteiger charge is 2.26. The molecule has 1 aromatic carbocycles. The van der Waals surface area contributed by atoms with Crippen LogP contribution in [0.25, 0.3) is 0 Å². The number of hydrogen-bond acceptors (Lipinski definition) is 2. The topological polar surface area (TPSA) is 69.6 Å². The van der Waals surface area contributed by atoms with Crippen LogP contribution >= 0.6 is 0 Å². The molecule has 2 N–H and O–H groups in total. The number of aliphatic carboxylic acids is 1. The van der Waals surface area contributed by atoms with Crippen LogP contribution in [0.5, 0.6) is 0 Å². The van der Waals surface area contributed by atoms with Crippen molar-refractivity contribution < 1.29 is 14.7 Å². The number of amides is 2. The Hall–Kier alpha value is -2.04. The van der Waals surface area contributed by atoms with Gasteiger partial charge in [0.1, 0.15) is 6.54 Å². The van der Waals surface area contributed by atoms with Crippen LogP contribution in [0.3, 0.4) is 0 Å². The molecular weight excluding hydrogens is 292 g/mol. The zero-order valence-electron chi connectivity index (χ0n) is 13.7. The summed E-state index contributed by atoms with van der Waals surface area (Å²) in [5, 5.41) is 11.3. The fourth-order valence-electron chi connectivity index (χ4n) is 3.23. The number of carbonyl (C=O) groups is 2. The first kappa shape index (κ1) is 17.3. The van der Waals surface area contributed by atoms with Crippen molar-refractivity contribution in [1.82, 2.24) is 10.2 Å². The van der Waals surface area contributed by atoms with Crippen molar-refractivity contribution in [3.8, 4) is 0 Å². The maximum atomic E-state index is 12.5. The molecule has 2 rings (SSSR count). The molecule has 0 saturated heterocycles. The van der Waals surface area contributed by atoms with E-state index in [0.29, 0.717) is 12.5 Å². The average molecular weight is 318 g/mol. The van der Waals surface area contributed by atoms with Gasteiger partial charge in [-0.3, -0.25) is 4.79 Å². The van der Waals surface area contributed by atoms with Crippen LogP contribution < -0.4 is 5.32 Å². The molecule has 1 saturated carbocycles. The molecule has 23 heavy (non-hydrogen) atoms. The van der Waals surface area contributed by atoms with E-state index in [2.05, 4.69) is 5.32 Å². The predicted molar refractivity (Wildman–Crippen MR) is 89.2 cm³/mol. The van der Waals surface area contributed by atoms with Crippen LogP contribution in [-0.2, 0) is 4.79 Å². The zero-order chi connectivity index (χ0) is 16.7. The molecular formula is C18H26N2O3. The summed E-state index contributed by atoms with van der Waals surface area (Å²) < 4.78 is 0. The second-order valence-corrected chi connectivity index (χ2v) is 6.30. The highest BCUT2D eigenvalue weighted by atomic mass is 16.4. The Bertz CT molecular complexity index is 512. The summed E-state index contributed by atoms with van der Waals surface area (Å²) in [5.41, 5.74) is 1.06. The molecule has 126 valence electrons. The molecule has 1 aliphatic carbocycles. The van der Waals surface area contributed by atoms with Crippen LogP contribution in [0.1, 0.15) is 50.6 Å². The van der Waals surface area contributed by atoms with Gasteiger partial charge in [0.15, 0.2) is 0 Å². The number of benzene rings is 1. The number of carbonyl (C=O) groups excluding carboxylic acids is 1. The molecule has 1 aromatic rings. The quantitative estimate of drug-likeness (QED) is 0.844. The third-order valence-corrected chi connectivity index (χ3v) is 4.58. The van der Waals surface area contributed by atoms with Gasteiger partial charge in [-0.2, -0.15) is 0 Å². The van der Waals surface area contributed by atoms with Gasteiger partial charge in [0.25, 0.3) is 0 Å². The van der Waals surface area contributed by atoms with Crippen molar-refractivity contribution in [3.05, 3.63) is 35.9 Å². The second kappa shape index (κ2) is 8.56. The highest BCUT2D eigenvalue weighted by molar-refractivity contribution is 5.80. The lowest BCUT2D eigenvalue weighted by Crippen LogP contribution is -2.45. The number of rotatable bonds is 6. The fourth-order valence-corrected chi connectivity index (χ4v) is 3.23. The lowest BCUT2D eigenvalue weighted by molar-refractivity contribution is -0.135. The molecule has 1 aliphatic rings. The van der Waals surface area contributed by atoms with Crippen molar-refractivity contribution >= 4 is 12.0 Å². The Kier molecular flexibility index (Phi) is 6.44. The van der Waals surface area contributed by atoms with Crippen molar-refractivity contribution in [2.75, 3.05) is 13.1 Å². The highest BCUT2D eigenvalue weighted by Crippen LogP contribution is 2.28. The Morgan fingerprint density at radius 2 is 1.87 bits per heavy atom. The molecule has 0 bridgehead atoms. The van der Waals surface area contributed by atoms with E-state index in [1.54, 1.807) is 4.90 Å². The summed E-state index contributed by atoms with van der Waals surface area (Å²) in [7, 11) is 0. The molecule has 0 spiro atoms. The van der Waals surface area contributed by atoms with Gasteiger partial charge >= 0.3 is 12.0 Å². The Morgan fingerprint density at radius 1 is 1.22 bits per heavy atom. The largest absolute Gasteiger partial charge is 0.480 e. The first-order chi connectivity index (χ1) is 11.1. The number of urea groups is 1. The molecule has 1 unspecified atom stereocenters. The van der Waals surface area contributed by atoms with Crippen molar-refractivity contribution in [3.63, 3.8) is 0 Å². The third kappa shape index (κ3) is 5.27. The van der Waals surface area contributed by atoms with Gasteiger partial charge < -0.3 is 15.3 Å². The van der Waals surface area contributed by atoms with E-state index in [1.807, 2.05) is 37.3 Å². The molecule has 0 aromatic heterocycles. The number of hydrogen-bond donors (Lipinski definition) is 2. The number of carboxylic acid groups (broad SMARTS) is 1. The van der Waals surface area contributed by atoms with E-state index in [9.17, 15) is 9.59 Å². The summed E-state index contributed by atoms with van der Waals surface area (Å²) in [5.74, 6) is -0.520. The minimum absolute atomic E-state index is 0.0769. The summed E-state index contributed by atoms with van der Waals surface area (Å²) in [4.78, 5) is 25.0. The van der Waals surface area contributed by atoms with Gasteiger partial charge in [-0.25, -0.2) is 4.79 Å². The molecule has 5 heteroatoms. The molecule has 1 fully saturated rings.